The first-order chi connectivity index (χ1) is 13.7. The summed E-state index contributed by atoms with van der Waals surface area (Å²) >= 11 is 0. The van der Waals surface area contributed by atoms with Crippen LogP contribution < -0.4 is 0 Å². The molecule has 3 heterocycles. The summed E-state index contributed by atoms with van der Waals surface area (Å²) in [6, 6.07) is 6.45. The van der Waals surface area contributed by atoms with Crippen molar-refractivity contribution >= 4 is 11.9 Å². The number of carbonyl (C=O) groups is 2. The second-order valence-electron chi connectivity index (χ2n) is 9.56. The van der Waals surface area contributed by atoms with Crippen LogP contribution in [0.5, 0.6) is 0 Å². The smallest absolute Gasteiger partial charge is 0.410 e. The molecule has 2 saturated heterocycles. The molecule has 4 rings (SSSR count). The molecule has 3 aliphatic rings. The summed E-state index contributed by atoms with van der Waals surface area (Å²) in [5, 5.41) is 9.34. The number of amides is 1. The molecule has 2 fully saturated rings. The van der Waals surface area contributed by atoms with Crippen molar-refractivity contribution in [2.24, 2.45) is 5.92 Å². The summed E-state index contributed by atoms with van der Waals surface area (Å²) in [4.78, 5) is 29.0. The van der Waals surface area contributed by atoms with Gasteiger partial charge in [0.25, 0.3) is 0 Å². The minimum absolute atomic E-state index is 0.137. The molecule has 3 atom stereocenters. The van der Waals surface area contributed by atoms with E-state index in [1.807, 2.05) is 43.9 Å². The highest BCUT2D eigenvalue weighted by Gasteiger charge is 2.46. The lowest BCUT2D eigenvalue weighted by atomic mass is 9.84. The van der Waals surface area contributed by atoms with Gasteiger partial charge in [0.1, 0.15) is 5.60 Å². The fraction of sp³-hybridized carbons (Fsp3) is 0.609. The van der Waals surface area contributed by atoms with Crippen molar-refractivity contribution in [2.75, 3.05) is 6.54 Å². The van der Waals surface area contributed by atoms with Gasteiger partial charge in [0.15, 0.2) is 12.0 Å². The topological polar surface area (TPSA) is 73.6 Å². The fourth-order valence-electron chi connectivity index (χ4n) is 5.06. The first-order valence-corrected chi connectivity index (χ1v) is 10.6. The molecule has 0 aliphatic carbocycles. The van der Waals surface area contributed by atoms with E-state index in [9.17, 15) is 14.9 Å². The van der Waals surface area contributed by atoms with Crippen LogP contribution in [0, 0.1) is 17.4 Å². The van der Waals surface area contributed by atoms with E-state index in [0.717, 1.165) is 31.2 Å². The van der Waals surface area contributed by atoms with Gasteiger partial charge in [0, 0.05) is 37.2 Å². The van der Waals surface area contributed by atoms with Crippen LogP contribution in [0.1, 0.15) is 67.9 Å². The van der Waals surface area contributed by atoms with Crippen LogP contribution in [-0.4, -0.2) is 45.9 Å². The van der Waals surface area contributed by atoms with Crippen molar-refractivity contribution in [3.63, 3.8) is 0 Å². The van der Waals surface area contributed by atoms with Gasteiger partial charge < -0.3 is 14.5 Å². The van der Waals surface area contributed by atoms with Gasteiger partial charge in [-0.3, -0.25) is 4.79 Å². The normalized spacial score (nSPS) is 25.5. The molecule has 1 amide bonds. The van der Waals surface area contributed by atoms with Crippen LogP contribution in [0.15, 0.2) is 18.2 Å². The van der Waals surface area contributed by atoms with Crippen LogP contribution >= 0.6 is 0 Å². The van der Waals surface area contributed by atoms with E-state index in [1.54, 1.807) is 4.90 Å². The zero-order valence-electron chi connectivity index (χ0n) is 17.5. The number of ketones is 1. The highest BCUT2D eigenvalue weighted by molar-refractivity contribution is 5.96. The van der Waals surface area contributed by atoms with Gasteiger partial charge >= 0.3 is 6.09 Å². The maximum Gasteiger partial charge on any atom is 0.410 e. The van der Waals surface area contributed by atoms with E-state index >= 15 is 0 Å². The molecule has 0 N–H and O–H groups in total. The molecule has 0 spiro atoms. The molecule has 29 heavy (non-hydrogen) atoms. The average molecular weight is 396 g/mol. The summed E-state index contributed by atoms with van der Waals surface area (Å²) in [5.41, 5.74) is 2.41. The lowest BCUT2D eigenvalue weighted by molar-refractivity contribution is 0.0224. The van der Waals surface area contributed by atoms with Crippen LogP contribution in [0.25, 0.3) is 0 Å². The Labute approximate surface area is 172 Å². The Kier molecular flexibility index (Phi) is 5.02. The van der Waals surface area contributed by atoms with Gasteiger partial charge in [-0.2, -0.15) is 5.26 Å². The molecule has 1 aromatic rings. The number of hydrogen-bond acceptors (Lipinski definition) is 5. The van der Waals surface area contributed by atoms with E-state index in [1.165, 1.54) is 5.56 Å². The molecule has 154 valence electrons. The van der Waals surface area contributed by atoms with E-state index in [4.69, 9.17) is 4.74 Å². The third-order valence-electron chi connectivity index (χ3n) is 6.42. The van der Waals surface area contributed by atoms with Crippen LogP contribution in [0.3, 0.4) is 0 Å². The van der Waals surface area contributed by atoms with E-state index in [0.29, 0.717) is 31.1 Å². The van der Waals surface area contributed by atoms with Crippen LogP contribution in [0.4, 0.5) is 4.79 Å². The third kappa shape index (κ3) is 3.96. The molecule has 2 bridgehead atoms. The SMILES string of the molecule is CC(C)(C)OC(=O)N1CCc2ccc(C(=O)CC3CC4CCC3N4C#N)cc2C1. The number of Topliss-reactive ketones (excluding diaryl/α,β-unsaturated/α-hetero) is 1. The molecular formula is C23H29N3O3. The van der Waals surface area contributed by atoms with Crippen molar-refractivity contribution in [2.45, 2.75) is 77.1 Å². The Morgan fingerprint density at radius 1 is 1.24 bits per heavy atom. The molecule has 6 nitrogen and oxygen atoms in total. The van der Waals surface area contributed by atoms with E-state index < -0.39 is 5.60 Å². The number of nitrogens with zero attached hydrogens (tertiary/aromatic N) is 3. The van der Waals surface area contributed by atoms with Gasteiger partial charge in [0.2, 0.25) is 0 Å². The summed E-state index contributed by atoms with van der Waals surface area (Å²) in [5.74, 6) is 0.410. The predicted molar refractivity (Wildman–Crippen MR) is 108 cm³/mol. The third-order valence-corrected chi connectivity index (χ3v) is 6.42. The van der Waals surface area contributed by atoms with E-state index in [-0.39, 0.29) is 23.8 Å². The molecule has 6 heteroatoms. The number of nitriles is 1. The maximum atomic E-state index is 13.0. The van der Waals surface area contributed by atoms with E-state index in [2.05, 4.69) is 6.19 Å². The summed E-state index contributed by atoms with van der Waals surface area (Å²) < 4.78 is 5.50. The summed E-state index contributed by atoms with van der Waals surface area (Å²) in [6.45, 7) is 6.69. The number of benzene rings is 1. The highest BCUT2D eigenvalue weighted by atomic mass is 16.6. The minimum atomic E-state index is -0.521. The molecule has 3 aliphatic heterocycles. The van der Waals surface area contributed by atoms with Gasteiger partial charge in [-0.25, -0.2) is 4.79 Å². The number of hydrogen-bond donors (Lipinski definition) is 0. The Hall–Kier alpha value is -2.55. The lowest BCUT2D eigenvalue weighted by Crippen LogP contribution is -2.40. The second kappa shape index (κ2) is 7.37. The molecule has 0 radical (unpaired) electrons. The molecular weight excluding hydrogens is 366 g/mol. The summed E-state index contributed by atoms with van der Waals surface area (Å²) in [7, 11) is 0. The number of fused-ring (bicyclic) bond motifs is 3. The standard InChI is InChI=1S/C23H29N3O3/c1-23(2,3)29-22(28)25-9-8-15-4-5-16(10-18(15)13-25)21(27)12-17-11-19-6-7-20(17)26(19)14-24/h4-5,10,17,19-20H,6-9,11-13H2,1-3H3. The largest absolute Gasteiger partial charge is 0.444 e. The minimum Gasteiger partial charge on any atom is -0.444 e. The first kappa shape index (κ1) is 19.8. The quantitative estimate of drug-likeness (QED) is 0.573. The second-order valence-corrected chi connectivity index (χ2v) is 9.56. The molecule has 0 saturated carbocycles. The van der Waals surface area contributed by atoms with Crippen LogP contribution in [0.2, 0.25) is 0 Å². The summed E-state index contributed by atoms with van der Waals surface area (Å²) in [6.07, 6.45) is 6.31. The molecule has 3 unspecified atom stereocenters. The monoisotopic (exact) mass is 395 g/mol. The zero-order chi connectivity index (χ0) is 20.8. The van der Waals surface area contributed by atoms with Gasteiger partial charge in [-0.15, -0.1) is 0 Å². The fourth-order valence-corrected chi connectivity index (χ4v) is 5.06. The van der Waals surface area contributed by atoms with Crippen molar-refractivity contribution < 1.29 is 14.3 Å². The Morgan fingerprint density at radius 2 is 2.03 bits per heavy atom. The number of carbonyl (C=O) groups excluding carboxylic acids is 2. The Balaban J connectivity index is 1.43. The Bertz CT molecular complexity index is 867. The van der Waals surface area contributed by atoms with Gasteiger partial charge in [-0.1, -0.05) is 12.1 Å². The van der Waals surface area contributed by atoms with Crippen molar-refractivity contribution in [3.8, 4) is 6.19 Å². The maximum absolute atomic E-state index is 13.0. The highest BCUT2D eigenvalue weighted by Crippen LogP contribution is 2.43. The Morgan fingerprint density at radius 3 is 2.72 bits per heavy atom. The number of ether oxygens (including phenoxy) is 1. The average Bonchev–Trinajstić information content (AvgIpc) is 3.22. The molecule has 1 aromatic carbocycles. The number of rotatable bonds is 3. The zero-order valence-corrected chi connectivity index (χ0v) is 17.5. The van der Waals surface area contributed by atoms with Crippen molar-refractivity contribution in [1.82, 2.24) is 9.80 Å². The molecule has 0 aromatic heterocycles. The van der Waals surface area contributed by atoms with Crippen LogP contribution in [-0.2, 0) is 17.7 Å². The van der Waals surface area contributed by atoms with Crippen molar-refractivity contribution in [1.29, 1.82) is 5.26 Å². The first-order valence-electron chi connectivity index (χ1n) is 10.6. The van der Waals surface area contributed by atoms with Crippen molar-refractivity contribution in [3.05, 3.63) is 34.9 Å². The predicted octanol–water partition coefficient (Wildman–Crippen LogP) is 3.89. The van der Waals surface area contributed by atoms with Gasteiger partial charge in [0.05, 0.1) is 0 Å². The van der Waals surface area contributed by atoms with Gasteiger partial charge in [-0.05, 0) is 69.6 Å². The lowest BCUT2D eigenvalue weighted by Gasteiger charge is -2.31.